The van der Waals surface area contributed by atoms with E-state index in [2.05, 4.69) is 11.4 Å². The van der Waals surface area contributed by atoms with Gasteiger partial charge in [-0.3, -0.25) is 4.79 Å². The lowest BCUT2D eigenvalue weighted by Crippen LogP contribution is -2.10. The Labute approximate surface area is 107 Å². The molecule has 0 radical (unpaired) electrons. The van der Waals surface area contributed by atoms with Crippen LogP contribution in [-0.4, -0.2) is 5.78 Å². The van der Waals surface area contributed by atoms with Crippen LogP contribution in [0.1, 0.15) is 28.8 Å². The van der Waals surface area contributed by atoms with Gasteiger partial charge in [-0.1, -0.05) is 24.3 Å². The van der Waals surface area contributed by atoms with Crippen LogP contribution in [0.3, 0.4) is 0 Å². The van der Waals surface area contributed by atoms with Crippen LogP contribution in [0.2, 0.25) is 0 Å². The van der Waals surface area contributed by atoms with Crippen LogP contribution >= 0.6 is 0 Å². The lowest BCUT2D eigenvalue weighted by atomic mass is 9.90. The largest absolute Gasteiger partial charge is 0.356 e. The highest BCUT2D eigenvalue weighted by molar-refractivity contribution is 5.99. The molecule has 0 atom stereocenters. The molecule has 1 aliphatic carbocycles. The molecular weight excluding hydrogens is 222 g/mol. The first-order valence-corrected chi connectivity index (χ1v) is 6.31. The molecule has 2 nitrogen and oxygen atoms in total. The van der Waals surface area contributed by atoms with Crippen LogP contribution in [0.4, 0.5) is 11.4 Å². The van der Waals surface area contributed by atoms with Crippen molar-refractivity contribution in [1.29, 1.82) is 0 Å². The van der Waals surface area contributed by atoms with Gasteiger partial charge >= 0.3 is 0 Å². The molecule has 0 spiro atoms. The summed E-state index contributed by atoms with van der Waals surface area (Å²) in [5.41, 5.74) is 4.10. The van der Waals surface area contributed by atoms with Crippen molar-refractivity contribution < 1.29 is 4.79 Å². The van der Waals surface area contributed by atoms with Crippen molar-refractivity contribution in [1.82, 2.24) is 0 Å². The number of ketones is 1. The highest BCUT2D eigenvalue weighted by atomic mass is 16.1. The van der Waals surface area contributed by atoms with Gasteiger partial charge in [-0.2, -0.15) is 0 Å². The zero-order valence-corrected chi connectivity index (χ0v) is 10.1. The molecule has 3 rings (SSSR count). The molecule has 0 aromatic heterocycles. The highest BCUT2D eigenvalue weighted by Crippen LogP contribution is 2.25. The van der Waals surface area contributed by atoms with E-state index in [1.54, 1.807) is 0 Å². The maximum Gasteiger partial charge on any atom is 0.163 e. The Bertz CT molecular complexity index is 575. The molecule has 0 amide bonds. The predicted molar refractivity (Wildman–Crippen MR) is 73.4 cm³/mol. The molecule has 90 valence electrons. The van der Waals surface area contributed by atoms with Gasteiger partial charge in [-0.25, -0.2) is 0 Å². The second kappa shape index (κ2) is 4.65. The van der Waals surface area contributed by atoms with Crippen molar-refractivity contribution >= 4 is 17.2 Å². The first-order chi connectivity index (χ1) is 8.83. The lowest BCUT2D eigenvalue weighted by Gasteiger charge is -2.16. The number of carbonyl (C=O) groups is 1. The quantitative estimate of drug-likeness (QED) is 0.856. The van der Waals surface area contributed by atoms with Crippen molar-refractivity contribution in [2.45, 2.75) is 19.3 Å². The van der Waals surface area contributed by atoms with Crippen molar-refractivity contribution in [3.8, 4) is 0 Å². The summed E-state index contributed by atoms with van der Waals surface area (Å²) in [6, 6.07) is 16.1. The molecule has 2 heteroatoms. The Morgan fingerprint density at radius 2 is 1.72 bits per heavy atom. The van der Waals surface area contributed by atoms with E-state index in [1.807, 2.05) is 42.5 Å². The SMILES string of the molecule is O=C1CCCc2ccc(Nc3ccccc3)cc21. The van der Waals surface area contributed by atoms with Gasteiger partial charge in [0.25, 0.3) is 0 Å². The molecule has 1 aliphatic rings. The van der Waals surface area contributed by atoms with Gasteiger partial charge in [0.2, 0.25) is 0 Å². The average Bonchev–Trinajstić information content (AvgIpc) is 2.41. The number of nitrogens with one attached hydrogen (secondary N) is 1. The number of rotatable bonds is 2. The third kappa shape index (κ3) is 2.14. The fourth-order valence-electron chi connectivity index (χ4n) is 2.39. The Hall–Kier alpha value is -2.09. The minimum absolute atomic E-state index is 0.271. The highest BCUT2D eigenvalue weighted by Gasteiger charge is 2.17. The molecule has 0 unspecified atom stereocenters. The summed E-state index contributed by atoms with van der Waals surface area (Å²) in [5, 5.41) is 3.32. The van der Waals surface area contributed by atoms with Crippen molar-refractivity contribution in [2.24, 2.45) is 0 Å². The number of Topliss-reactive ketones (excluding diaryl/α,β-unsaturated/α-hetero) is 1. The fraction of sp³-hybridized carbons (Fsp3) is 0.188. The fourth-order valence-corrected chi connectivity index (χ4v) is 2.39. The molecule has 1 N–H and O–H groups in total. The van der Waals surface area contributed by atoms with Gasteiger partial charge in [-0.05, 0) is 42.7 Å². The Balaban J connectivity index is 1.90. The summed E-state index contributed by atoms with van der Waals surface area (Å²) in [6.07, 6.45) is 2.69. The Kier molecular flexibility index (Phi) is 2.85. The van der Waals surface area contributed by atoms with E-state index in [9.17, 15) is 4.79 Å². The first kappa shape index (κ1) is 11.0. The number of carbonyl (C=O) groups excluding carboxylic acids is 1. The number of hydrogen-bond acceptors (Lipinski definition) is 2. The van der Waals surface area contributed by atoms with Crippen LogP contribution in [0.5, 0.6) is 0 Å². The normalized spacial score (nSPS) is 14.1. The summed E-state index contributed by atoms with van der Waals surface area (Å²) in [5.74, 6) is 0.271. The maximum absolute atomic E-state index is 11.9. The molecular formula is C16H15NO. The summed E-state index contributed by atoms with van der Waals surface area (Å²) in [7, 11) is 0. The average molecular weight is 237 g/mol. The van der Waals surface area contributed by atoms with Gasteiger partial charge in [0.1, 0.15) is 0 Å². The molecule has 0 heterocycles. The van der Waals surface area contributed by atoms with Gasteiger partial charge in [0.05, 0.1) is 0 Å². The lowest BCUT2D eigenvalue weighted by molar-refractivity contribution is 0.0972. The van der Waals surface area contributed by atoms with Gasteiger partial charge in [0, 0.05) is 23.4 Å². The van der Waals surface area contributed by atoms with E-state index >= 15 is 0 Å². The molecule has 0 saturated heterocycles. The molecule has 2 aromatic rings. The Morgan fingerprint density at radius 1 is 0.889 bits per heavy atom. The van der Waals surface area contributed by atoms with E-state index < -0.39 is 0 Å². The van der Waals surface area contributed by atoms with Crippen molar-refractivity contribution in [3.63, 3.8) is 0 Å². The van der Waals surface area contributed by atoms with Crippen LogP contribution in [0.25, 0.3) is 0 Å². The molecule has 0 fully saturated rings. The molecule has 18 heavy (non-hydrogen) atoms. The number of anilines is 2. The number of para-hydroxylation sites is 1. The molecule has 0 aliphatic heterocycles. The number of fused-ring (bicyclic) bond motifs is 1. The monoisotopic (exact) mass is 237 g/mol. The van der Waals surface area contributed by atoms with Gasteiger partial charge in [0.15, 0.2) is 5.78 Å². The van der Waals surface area contributed by atoms with E-state index in [4.69, 9.17) is 0 Å². The molecule has 2 aromatic carbocycles. The summed E-state index contributed by atoms with van der Waals surface area (Å²) < 4.78 is 0. The number of aryl methyl sites for hydroxylation is 1. The van der Waals surface area contributed by atoms with E-state index in [1.165, 1.54) is 5.56 Å². The summed E-state index contributed by atoms with van der Waals surface area (Å²) in [4.78, 5) is 11.9. The second-order valence-electron chi connectivity index (χ2n) is 4.64. The van der Waals surface area contributed by atoms with Crippen molar-refractivity contribution in [3.05, 3.63) is 59.7 Å². The van der Waals surface area contributed by atoms with Gasteiger partial charge in [-0.15, -0.1) is 0 Å². The minimum atomic E-state index is 0.271. The smallest absolute Gasteiger partial charge is 0.163 e. The van der Waals surface area contributed by atoms with Crippen LogP contribution in [-0.2, 0) is 6.42 Å². The summed E-state index contributed by atoms with van der Waals surface area (Å²) in [6.45, 7) is 0. The number of hydrogen-bond donors (Lipinski definition) is 1. The second-order valence-corrected chi connectivity index (χ2v) is 4.64. The predicted octanol–water partition coefficient (Wildman–Crippen LogP) is 3.95. The van der Waals surface area contributed by atoms with Crippen molar-refractivity contribution in [2.75, 3.05) is 5.32 Å². The van der Waals surface area contributed by atoms with Crippen LogP contribution < -0.4 is 5.32 Å². The van der Waals surface area contributed by atoms with E-state index in [0.717, 1.165) is 29.8 Å². The van der Waals surface area contributed by atoms with Crippen LogP contribution in [0, 0.1) is 0 Å². The standard InChI is InChI=1S/C16H15NO/c18-16-8-4-5-12-9-10-14(11-15(12)16)17-13-6-2-1-3-7-13/h1-3,6-7,9-11,17H,4-5,8H2. The van der Waals surface area contributed by atoms with Crippen LogP contribution in [0.15, 0.2) is 48.5 Å². The number of benzene rings is 2. The molecule has 0 saturated carbocycles. The third-order valence-electron chi connectivity index (χ3n) is 3.32. The van der Waals surface area contributed by atoms with Gasteiger partial charge < -0.3 is 5.32 Å². The van der Waals surface area contributed by atoms with E-state index in [0.29, 0.717) is 6.42 Å². The zero-order valence-electron chi connectivity index (χ0n) is 10.1. The Morgan fingerprint density at radius 3 is 2.56 bits per heavy atom. The minimum Gasteiger partial charge on any atom is -0.356 e. The third-order valence-corrected chi connectivity index (χ3v) is 3.32. The summed E-state index contributed by atoms with van der Waals surface area (Å²) >= 11 is 0. The van der Waals surface area contributed by atoms with E-state index in [-0.39, 0.29) is 5.78 Å². The maximum atomic E-state index is 11.9. The topological polar surface area (TPSA) is 29.1 Å². The first-order valence-electron chi connectivity index (χ1n) is 6.31. The molecule has 0 bridgehead atoms. The zero-order chi connectivity index (χ0) is 12.4.